The van der Waals surface area contributed by atoms with E-state index in [1.807, 2.05) is 11.8 Å². The third-order valence-electron chi connectivity index (χ3n) is 14.7. The molecule has 70 heavy (non-hydrogen) atoms. The molecule has 5 nitrogen and oxygen atoms in total. The molecule has 3 aromatic heterocycles. The number of fused-ring (bicyclic) bond motifs is 12. The van der Waals surface area contributed by atoms with Crippen LogP contribution in [-0.2, 0) is 7.05 Å². The third-order valence-corrected chi connectivity index (χ3v) is 15.6. The number of hydrogen-bond donors (Lipinski definition) is 0. The van der Waals surface area contributed by atoms with E-state index in [4.69, 9.17) is 14.4 Å². The van der Waals surface area contributed by atoms with Crippen molar-refractivity contribution in [2.24, 2.45) is 7.05 Å². The van der Waals surface area contributed by atoms with Gasteiger partial charge in [-0.25, -0.2) is 15.0 Å². The van der Waals surface area contributed by atoms with Crippen molar-refractivity contribution in [2.45, 2.75) is 0 Å². The van der Waals surface area contributed by atoms with Crippen molar-refractivity contribution in [1.29, 1.82) is 0 Å². The average molecular weight is 911 g/mol. The number of nitrogens with zero attached hydrogens (tertiary/aromatic N) is 4. The highest BCUT2D eigenvalue weighted by atomic mass is 32.1. The molecule has 0 amide bonds. The van der Waals surface area contributed by atoms with Crippen LogP contribution in [0.15, 0.2) is 217 Å². The number of rotatable bonds is 5. The Balaban J connectivity index is 0.745. The molecule has 0 aliphatic carbocycles. The van der Waals surface area contributed by atoms with Gasteiger partial charge in [0.2, 0.25) is 0 Å². The Bertz CT molecular complexity index is 4690. The molecule has 3 heterocycles. The first-order chi connectivity index (χ1) is 34.6. The molecular formula is C64H38N4OS. The zero-order valence-corrected chi connectivity index (χ0v) is 38.6. The van der Waals surface area contributed by atoms with Gasteiger partial charge in [0, 0.05) is 34.9 Å². The van der Waals surface area contributed by atoms with Crippen molar-refractivity contribution in [3.8, 4) is 55.6 Å². The maximum atomic E-state index is 6.19. The van der Waals surface area contributed by atoms with Gasteiger partial charge >= 0.3 is 0 Å². The molecule has 0 fully saturated rings. The van der Waals surface area contributed by atoms with Crippen LogP contribution in [0.5, 0.6) is 0 Å². The van der Waals surface area contributed by atoms with Crippen molar-refractivity contribution < 1.29 is 4.42 Å². The van der Waals surface area contributed by atoms with Gasteiger partial charge in [0.1, 0.15) is 5.52 Å². The first kappa shape index (κ1) is 39.1. The summed E-state index contributed by atoms with van der Waals surface area (Å²) in [6.07, 6.45) is 3.50. The van der Waals surface area contributed by atoms with Crippen LogP contribution in [0.3, 0.4) is 0 Å². The van der Waals surface area contributed by atoms with E-state index in [2.05, 4.69) is 211 Å². The molecule has 15 rings (SSSR count). The van der Waals surface area contributed by atoms with Gasteiger partial charge in [-0.2, -0.15) is 0 Å². The topological polar surface area (TPSA) is 56.7 Å². The van der Waals surface area contributed by atoms with Crippen molar-refractivity contribution in [1.82, 2.24) is 19.5 Å². The van der Waals surface area contributed by atoms with E-state index >= 15 is 0 Å². The summed E-state index contributed by atoms with van der Waals surface area (Å²) in [5.74, 6) is 0. The second-order valence-electron chi connectivity index (χ2n) is 18.5. The molecule has 0 saturated heterocycles. The molecule has 0 unspecified atom stereocenters. The lowest BCUT2D eigenvalue weighted by molar-refractivity contribution is 0.603. The Hall–Kier alpha value is -8.97. The third kappa shape index (κ3) is 5.93. The van der Waals surface area contributed by atoms with Crippen LogP contribution in [0.25, 0.3) is 153 Å². The molecule has 0 aliphatic heterocycles. The Morgan fingerprint density at radius 2 is 0.871 bits per heavy atom. The molecule has 0 atom stereocenters. The van der Waals surface area contributed by atoms with E-state index in [1.54, 1.807) is 17.7 Å². The smallest absolute Gasteiger partial charge is 0.182 e. The number of benzene rings is 12. The minimum atomic E-state index is 0.783. The minimum Gasteiger partial charge on any atom is -0.443 e. The van der Waals surface area contributed by atoms with Gasteiger partial charge in [-0.1, -0.05) is 152 Å². The molecular weight excluding hydrogens is 873 g/mol. The molecule has 0 radical (unpaired) electrons. The molecule has 0 aliphatic rings. The van der Waals surface area contributed by atoms with Crippen LogP contribution in [-0.4, -0.2) is 19.5 Å². The average Bonchev–Trinajstić information content (AvgIpc) is 4.21. The molecule has 15 aromatic rings. The zero-order chi connectivity index (χ0) is 46.0. The summed E-state index contributed by atoms with van der Waals surface area (Å²) >= 11 is 1.69. The summed E-state index contributed by atoms with van der Waals surface area (Å²) < 4.78 is 9.56. The highest BCUT2D eigenvalue weighted by molar-refractivity contribution is 7.17. The van der Waals surface area contributed by atoms with Crippen LogP contribution < -0.4 is 0 Å². The van der Waals surface area contributed by atoms with E-state index in [9.17, 15) is 0 Å². The van der Waals surface area contributed by atoms with Gasteiger partial charge in [0.05, 0.1) is 33.1 Å². The maximum absolute atomic E-state index is 6.19. The Kier molecular flexibility index (Phi) is 8.38. The van der Waals surface area contributed by atoms with E-state index in [0.717, 1.165) is 61.0 Å². The van der Waals surface area contributed by atoms with Crippen molar-refractivity contribution in [3.63, 3.8) is 0 Å². The largest absolute Gasteiger partial charge is 0.443 e. The minimum absolute atomic E-state index is 0.783. The summed E-state index contributed by atoms with van der Waals surface area (Å²) in [6.45, 7) is 0. The van der Waals surface area contributed by atoms with E-state index < -0.39 is 0 Å². The molecule has 0 N–H and O–H groups in total. The van der Waals surface area contributed by atoms with E-state index in [-0.39, 0.29) is 0 Å². The highest BCUT2D eigenvalue weighted by Crippen LogP contribution is 2.42. The van der Waals surface area contributed by atoms with Crippen molar-refractivity contribution in [2.75, 3.05) is 0 Å². The molecule has 6 heteroatoms. The summed E-state index contributed by atoms with van der Waals surface area (Å²) in [6, 6.07) is 71.1. The fourth-order valence-corrected chi connectivity index (χ4v) is 12.1. The predicted octanol–water partition coefficient (Wildman–Crippen LogP) is 17.6. The van der Waals surface area contributed by atoms with Gasteiger partial charge in [-0.15, -0.1) is 11.3 Å². The second kappa shape index (κ2) is 15.0. The van der Waals surface area contributed by atoms with E-state index in [0.29, 0.717) is 0 Å². The van der Waals surface area contributed by atoms with Crippen LogP contribution in [0.1, 0.15) is 0 Å². The summed E-state index contributed by atoms with van der Waals surface area (Å²) in [5.41, 5.74) is 18.0. The lowest BCUT2D eigenvalue weighted by Gasteiger charge is -2.13. The normalized spacial score (nSPS) is 12.1. The van der Waals surface area contributed by atoms with Crippen LogP contribution in [0.2, 0.25) is 0 Å². The van der Waals surface area contributed by atoms with Crippen LogP contribution in [0, 0.1) is 0 Å². The van der Waals surface area contributed by atoms with Gasteiger partial charge in [-0.05, 0) is 135 Å². The van der Waals surface area contributed by atoms with Gasteiger partial charge in [-0.3, -0.25) is 0 Å². The molecule has 326 valence electrons. The number of aromatic nitrogens is 4. The Morgan fingerprint density at radius 3 is 1.49 bits per heavy atom. The van der Waals surface area contributed by atoms with E-state index in [1.165, 1.54) is 91.6 Å². The van der Waals surface area contributed by atoms with Gasteiger partial charge in [0.25, 0.3) is 0 Å². The molecule has 12 aromatic carbocycles. The van der Waals surface area contributed by atoms with Gasteiger partial charge < -0.3 is 8.98 Å². The monoisotopic (exact) mass is 910 g/mol. The first-order valence-corrected chi connectivity index (χ1v) is 24.4. The summed E-state index contributed by atoms with van der Waals surface area (Å²) in [5, 5.41) is 14.7. The second-order valence-corrected chi connectivity index (χ2v) is 19.4. The lowest BCUT2D eigenvalue weighted by Crippen LogP contribution is -1.91. The zero-order valence-electron chi connectivity index (χ0n) is 37.8. The van der Waals surface area contributed by atoms with Crippen LogP contribution >= 0.6 is 11.3 Å². The number of aryl methyl sites for hydroxylation is 1. The molecule has 0 saturated carbocycles. The number of oxazole rings is 1. The lowest BCUT2D eigenvalue weighted by atomic mass is 9.92. The Morgan fingerprint density at radius 1 is 0.386 bits per heavy atom. The van der Waals surface area contributed by atoms with Gasteiger partial charge in [0.15, 0.2) is 12.0 Å². The van der Waals surface area contributed by atoms with Crippen molar-refractivity contribution >= 4 is 108 Å². The fraction of sp³-hybridized carbons (Fsp3) is 0.0156. The predicted molar refractivity (Wildman–Crippen MR) is 294 cm³/mol. The number of thiazole rings is 1. The fourth-order valence-electron chi connectivity index (χ4n) is 11.3. The maximum Gasteiger partial charge on any atom is 0.182 e. The summed E-state index contributed by atoms with van der Waals surface area (Å²) in [4.78, 5) is 14.3. The summed E-state index contributed by atoms with van der Waals surface area (Å²) in [7, 11) is 2.09. The first-order valence-electron chi connectivity index (χ1n) is 23.6. The standard InChI is InChI=1S/C64H38N4OS/c1-68-34-65-60-54(25-27-56(62(60)68)45-17-22-49-38(31-45)10-9-37-5-2-3-6-48(37)49)43-15-20-50-39(29-43)11-13-41-32-46(18-23-52(41)50)57-28-26-55(61-63(57)69-35-66-61)44-16-21-51-40(30-44)12-14-42-33-47(19-24-53(42)51)58-7-4-8-59-64(58)70-36-67-59/h2-36H,1H3. The Labute approximate surface area is 405 Å². The molecule has 0 spiro atoms. The highest BCUT2D eigenvalue weighted by Gasteiger charge is 2.18. The quantitative estimate of drug-likeness (QED) is 0.161. The molecule has 0 bridgehead atoms. The van der Waals surface area contributed by atoms with Crippen LogP contribution in [0.4, 0.5) is 0 Å². The number of imidazole rings is 1. The number of hydrogen-bond acceptors (Lipinski definition) is 5. The SMILES string of the molecule is Cn1cnc2c(-c3ccc4c(ccc5cc(-c6ccc(-c7ccc8c(ccc9cc(-c%10cccc%11ncsc%10%11)ccc98)c7)c7ncoc67)ccc54)c3)ccc(-c3ccc4c(ccc5ccccc54)c3)c21. The van der Waals surface area contributed by atoms with Crippen molar-refractivity contribution in [3.05, 3.63) is 212 Å².